The average molecular weight is 292 g/mol. The summed E-state index contributed by atoms with van der Waals surface area (Å²) < 4.78 is 33.1. The number of benzene rings is 1. The molecule has 3 aromatic rings. The molecule has 6 nitrogen and oxygen atoms in total. The lowest BCUT2D eigenvalue weighted by Gasteiger charge is -2.04. The highest BCUT2D eigenvalue weighted by atomic mass is 19.2. The highest BCUT2D eigenvalue weighted by molar-refractivity contribution is 5.92. The lowest BCUT2D eigenvalue weighted by molar-refractivity contribution is 0.0924. The Morgan fingerprint density at radius 1 is 1.38 bits per heavy atom. The van der Waals surface area contributed by atoms with Crippen molar-refractivity contribution in [3.63, 3.8) is 0 Å². The number of imidazole rings is 1. The summed E-state index contributed by atoms with van der Waals surface area (Å²) in [5, 5.41) is 0. The molecule has 0 atom stereocenters. The molecule has 21 heavy (non-hydrogen) atoms. The van der Waals surface area contributed by atoms with Gasteiger partial charge in [0.15, 0.2) is 17.4 Å². The van der Waals surface area contributed by atoms with Gasteiger partial charge in [-0.2, -0.15) is 0 Å². The molecule has 0 unspecified atom stereocenters. The van der Waals surface area contributed by atoms with Crippen LogP contribution in [0.5, 0.6) is 0 Å². The van der Waals surface area contributed by atoms with Crippen LogP contribution in [0.3, 0.4) is 0 Å². The van der Waals surface area contributed by atoms with Crippen LogP contribution < -0.4 is 11.3 Å². The van der Waals surface area contributed by atoms with Gasteiger partial charge in [-0.3, -0.25) is 10.2 Å². The van der Waals surface area contributed by atoms with E-state index in [0.29, 0.717) is 16.6 Å². The Labute approximate surface area is 117 Å². The quantitative estimate of drug-likeness (QED) is 0.436. The monoisotopic (exact) mass is 292 g/mol. The summed E-state index contributed by atoms with van der Waals surface area (Å²) in [6.07, 6.45) is 2.78. The molecule has 8 heteroatoms. The van der Waals surface area contributed by atoms with Gasteiger partial charge in [0.1, 0.15) is 0 Å². The van der Waals surface area contributed by atoms with E-state index in [2.05, 4.69) is 4.98 Å². The van der Waals surface area contributed by atoms with Gasteiger partial charge in [0, 0.05) is 17.7 Å². The molecule has 0 aliphatic carbocycles. The third kappa shape index (κ3) is 2.25. The van der Waals surface area contributed by atoms with Gasteiger partial charge < -0.3 is 8.98 Å². The third-order valence-corrected chi connectivity index (χ3v) is 3.09. The van der Waals surface area contributed by atoms with Crippen molar-refractivity contribution in [1.29, 1.82) is 0 Å². The molecule has 3 N–H and O–H groups in total. The van der Waals surface area contributed by atoms with Crippen LogP contribution >= 0.6 is 0 Å². The molecule has 0 spiro atoms. The van der Waals surface area contributed by atoms with E-state index in [1.54, 1.807) is 10.6 Å². The molecule has 2 aromatic heterocycles. The largest absolute Gasteiger partial charge is 0.459 e. The SMILES string of the molecule is NNC(=O)c1occc1Cn1cnc2cc(F)c(F)cc21. The fourth-order valence-corrected chi connectivity index (χ4v) is 2.09. The van der Waals surface area contributed by atoms with Gasteiger partial charge in [-0.05, 0) is 6.07 Å². The molecule has 0 radical (unpaired) electrons. The number of aromatic nitrogens is 2. The average Bonchev–Trinajstić information content (AvgIpc) is 3.07. The number of fused-ring (bicyclic) bond motifs is 1. The molecule has 1 aromatic carbocycles. The zero-order valence-corrected chi connectivity index (χ0v) is 10.6. The highest BCUT2D eigenvalue weighted by Crippen LogP contribution is 2.20. The molecular weight excluding hydrogens is 282 g/mol. The Morgan fingerprint density at radius 3 is 2.90 bits per heavy atom. The number of hydrogen-bond acceptors (Lipinski definition) is 4. The van der Waals surface area contributed by atoms with Crippen molar-refractivity contribution in [2.75, 3.05) is 0 Å². The van der Waals surface area contributed by atoms with E-state index < -0.39 is 17.5 Å². The second-order valence-electron chi connectivity index (χ2n) is 4.38. The minimum atomic E-state index is -0.962. The maximum absolute atomic E-state index is 13.3. The van der Waals surface area contributed by atoms with Crippen molar-refractivity contribution in [2.24, 2.45) is 5.84 Å². The normalized spacial score (nSPS) is 11.0. The van der Waals surface area contributed by atoms with Gasteiger partial charge in [0.05, 0.1) is 30.2 Å². The van der Waals surface area contributed by atoms with Crippen LogP contribution in [0, 0.1) is 11.6 Å². The number of nitrogens with one attached hydrogen (secondary N) is 1. The number of amides is 1. The summed E-state index contributed by atoms with van der Waals surface area (Å²) in [6.45, 7) is 0.209. The highest BCUT2D eigenvalue weighted by Gasteiger charge is 2.16. The van der Waals surface area contributed by atoms with E-state index in [0.717, 1.165) is 12.1 Å². The first-order valence-electron chi connectivity index (χ1n) is 5.97. The zero-order valence-electron chi connectivity index (χ0n) is 10.6. The molecule has 3 rings (SSSR count). The molecule has 0 saturated carbocycles. The predicted molar refractivity (Wildman–Crippen MR) is 69.1 cm³/mol. The zero-order chi connectivity index (χ0) is 15.0. The minimum absolute atomic E-state index is 0.0573. The number of nitrogens with two attached hydrogens (primary N) is 1. The van der Waals surface area contributed by atoms with E-state index in [1.165, 1.54) is 12.6 Å². The Morgan fingerprint density at radius 2 is 2.14 bits per heavy atom. The molecule has 1 amide bonds. The van der Waals surface area contributed by atoms with Crippen molar-refractivity contribution in [3.05, 3.63) is 53.7 Å². The number of rotatable bonds is 3. The Kier molecular flexibility index (Phi) is 3.15. The molecule has 2 heterocycles. The number of carbonyl (C=O) groups excluding carboxylic acids is 1. The van der Waals surface area contributed by atoms with Crippen LogP contribution in [0.1, 0.15) is 16.1 Å². The molecular formula is C13H10F2N4O2. The fraction of sp³-hybridized carbons (Fsp3) is 0.0769. The van der Waals surface area contributed by atoms with E-state index in [4.69, 9.17) is 10.3 Å². The number of furan rings is 1. The predicted octanol–water partition coefficient (Wildman–Crippen LogP) is 1.56. The van der Waals surface area contributed by atoms with Crippen LogP contribution in [0.4, 0.5) is 8.78 Å². The van der Waals surface area contributed by atoms with Gasteiger partial charge in [-0.25, -0.2) is 19.6 Å². The van der Waals surface area contributed by atoms with Gasteiger partial charge >= 0.3 is 5.91 Å². The maximum atomic E-state index is 13.3. The van der Waals surface area contributed by atoms with Crippen molar-refractivity contribution in [1.82, 2.24) is 15.0 Å². The minimum Gasteiger partial charge on any atom is -0.459 e. The van der Waals surface area contributed by atoms with Crippen LogP contribution in [0.15, 0.2) is 35.2 Å². The van der Waals surface area contributed by atoms with Crippen molar-refractivity contribution in [2.45, 2.75) is 6.54 Å². The first-order chi connectivity index (χ1) is 10.1. The number of nitrogens with zero attached hydrogens (tertiary/aromatic N) is 2. The molecule has 0 saturated heterocycles. The van der Waals surface area contributed by atoms with Crippen molar-refractivity contribution >= 4 is 16.9 Å². The molecule has 0 aliphatic rings. The van der Waals surface area contributed by atoms with E-state index >= 15 is 0 Å². The summed E-state index contributed by atoms with van der Waals surface area (Å²) in [6, 6.07) is 3.67. The standard InChI is InChI=1S/C13H10F2N4O2/c14-8-3-10-11(4-9(8)15)19(6-17-10)5-7-1-2-21-12(7)13(20)18-16/h1-4,6H,5,16H2,(H,18,20). The molecule has 0 fully saturated rings. The second-order valence-corrected chi connectivity index (χ2v) is 4.38. The Hall–Kier alpha value is -2.74. The molecule has 0 aliphatic heterocycles. The Balaban J connectivity index is 2.01. The van der Waals surface area contributed by atoms with Gasteiger partial charge in [-0.15, -0.1) is 0 Å². The smallest absolute Gasteiger partial charge is 0.301 e. The summed E-state index contributed by atoms with van der Waals surface area (Å²) in [7, 11) is 0. The number of halogens is 2. The van der Waals surface area contributed by atoms with Gasteiger partial charge in [0.25, 0.3) is 0 Å². The van der Waals surface area contributed by atoms with Crippen LogP contribution in [-0.2, 0) is 6.54 Å². The van der Waals surface area contributed by atoms with Gasteiger partial charge in [-0.1, -0.05) is 0 Å². The second kappa shape index (κ2) is 4.98. The summed E-state index contributed by atoms with van der Waals surface area (Å²) in [5.74, 6) is 2.63. The first kappa shape index (κ1) is 13.3. The topological polar surface area (TPSA) is 86.1 Å². The van der Waals surface area contributed by atoms with Crippen LogP contribution in [0.25, 0.3) is 11.0 Å². The van der Waals surface area contributed by atoms with Crippen LogP contribution in [-0.4, -0.2) is 15.5 Å². The van der Waals surface area contributed by atoms with E-state index in [1.807, 2.05) is 5.43 Å². The van der Waals surface area contributed by atoms with Crippen molar-refractivity contribution in [3.8, 4) is 0 Å². The maximum Gasteiger partial charge on any atom is 0.301 e. The van der Waals surface area contributed by atoms with Gasteiger partial charge in [0.2, 0.25) is 0 Å². The lowest BCUT2D eigenvalue weighted by atomic mass is 10.2. The number of hydrogen-bond donors (Lipinski definition) is 2. The fourth-order valence-electron chi connectivity index (χ4n) is 2.09. The number of hydrazine groups is 1. The summed E-state index contributed by atoms with van der Waals surface area (Å²) in [5.41, 5.74) is 3.25. The van der Waals surface area contributed by atoms with E-state index in [9.17, 15) is 13.6 Å². The lowest BCUT2D eigenvalue weighted by Crippen LogP contribution is -2.30. The summed E-state index contributed by atoms with van der Waals surface area (Å²) >= 11 is 0. The third-order valence-electron chi connectivity index (χ3n) is 3.09. The summed E-state index contributed by atoms with van der Waals surface area (Å²) in [4.78, 5) is 15.5. The molecule has 108 valence electrons. The Bertz CT molecular complexity index is 825. The number of nitrogen functional groups attached to an aromatic ring is 1. The van der Waals surface area contributed by atoms with E-state index in [-0.39, 0.29) is 12.3 Å². The molecule has 0 bridgehead atoms. The number of carbonyl (C=O) groups is 1. The van der Waals surface area contributed by atoms with Crippen molar-refractivity contribution < 1.29 is 18.0 Å². The van der Waals surface area contributed by atoms with Crippen LogP contribution in [0.2, 0.25) is 0 Å². The first-order valence-corrected chi connectivity index (χ1v) is 5.97.